The van der Waals surface area contributed by atoms with E-state index in [-0.39, 0.29) is 23.8 Å². The highest BCUT2D eigenvalue weighted by atomic mass is 16.2. The number of carbonyl (C=O) groups is 2. The summed E-state index contributed by atoms with van der Waals surface area (Å²) in [5.41, 5.74) is 3.43. The van der Waals surface area contributed by atoms with Gasteiger partial charge in [-0.1, -0.05) is 29.8 Å². The average molecular weight is 338 g/mol. The molecule has 1 aromatic heterocycles. The smallest absolute Gasteiger partial charge is 0.271 e. The van der Waals surface area contributed by atoms with E-state index in [0.29, 0.717) is 18.8 Å². The zero-order valence-electron chi connectivity index (χ0n) is 14.3. The van der Waals surface area contributed by atoms with Crippen LogP contribution in [0, 0.1) is 12.8 Å². The Kier molecular flexibility index (Phi) is 4.03. The summed E-state index contributed by atoms with van der Waals surface area (Å²) < 4.78 is 0. The number of hydrogen-bond acceptors (Lipinski definition) is 3. The fourth-order valence-electron chi connectivity index (χ4n) is 3.20. The molecule has 0 bridgehead atoms. The van der Waals surface area contributed by atoms with E-state index in [2.05, 4.69) is 15.5 Å². The normalized spacial score (nSPS) is 19.9. The highest BCUT2D eigenvalue weighted by Crippen LogP contribution is 2.29. The predicted molar refractivity (Wildman–Crippen MR) is 93.9 cm³/mol. The van der Waals surface area contributed by atoms with E-state index >= 15 is 0 Å². The molecular weight excluding hydrogens is 316 g/mol. The molecule has 1 aromatic carbocycles. The van der Waals surface area contributed by atoms with Gasteiger partial charge in [-0.2, -0.15) is 5.10 Å². The number of nitrogens with zero attached hydrogens (tertiary/aromatic N) is 2. The van der Waals surface area contributed by atoms with E-state index in [0.717, 1.165) is 30.5 Å². The van der Waals surface area contributed by atoms with Crippen molar-refractivity contribution in [2.45, 2.75) is 32.2 Å². The number of benzene rings is 1. The van der Waals surface area contributed by atoms with Crippen molar-refractivity contribution in [1.82, 2.24) is 20.4 Å². The highest BCUT2D eigenvalue weighted by molar-refractivity contribution is 5.93. The lowest BCUT2D eigenvalue weighted by molar-refractivity contribution is -0.122. The predicted octanol–water partition coefficient (Wildman–Crippen LogP) is 2.13. The van der Waals surface area contributed by atoms with Gasteiger partial charge in [0.15, 0.2) is 0 Å². The molecule has 2 heterocycles. The second-order valence-electron chi connectivity index (χ2n) is 7.05. The molecule has 1 atom stereocenters. The number of aryl methyl sites for hydroxylation is 1. The van der Waals surface area contributed by atoms with Gasteiger partial charge in [0.05, 0.1) is 5.69 Å². The molecule has 1 saturated carbocycles. The molecule has 6 nitrogen and oxygen atoms in total. The molecular formula is C19H22N4O2. The molecule has 2 amide bonds. The molecule has 25 heavy (non-hydrogen) atoms. The number of aromatic nitrogens is 2. The SMILES string of the molecule is Cc1ccc(-c2cc(C(=O)N3CC[C@@H](NC(=O)C4CC4)C3)[nH]n2)cc1. The highest BCUT2D eigenvalue weighted by Gasteiger charge is 2.34. The van der Waals surface area contributed by atoms with Gasteiger partial charge >= 0.3 is 0 Å². The van der Waals surface area contributed by atoms with Crippen LogP contribution in [0.2, 0.25) is 0 Å². The largest absolute Gasteiger partial charge is 0.351 e. The Morgan fingerprint density at radius 3 is 2.68 bits per heavy atom. The van der Waals surface area contributed by atoms with Crippen molar-refractivity contribution in [2.75, 3.05) is 13.1 Å². The van der Waals surface area contributed by atoms with Gasteiger partial charge in [0, 0.05) is 30.6 Å². The second-order valence-corrected chi connectivity index (χ2v) is 7.05. The monoisotopic (exact) mass is 338 g/mol. The molecule has 0 unspecified atom stereocenters. The van der Waals surface area contributed by atoms with E-state index in [4.69, 9.17) is 0 Å². The molecule has 0 spiro atoms. The van der Waals surface area contributed by atoms with Crippen LogP contribution < -0.4 is 5.32 Å². The first-order valence-corrected chi connectivity index (χ1v) is 8.82. The Morgan fingerprint density at radius 2 is 1.96 bits per heavy atom. The molecule has 1 aliphatic heterocycles. The quantitative estimate of drug-likeness (QED) is 0.896. The fraction of sp³-hybridized carbons (Fsp3) is 0.421. The summed E-state index contributed by atoms with van der Waals surface area (Å²) in [4.78, 5) is 26.3. The lowest BCUT2D eigenvalue weighted by Crippen LogP contribution is -2.39. The Bertz CT molecular complexity index is 792. The van der Waals surface area contributed by atoms with Crippen LogP contribution in [0.5, 0.6) is 0 Å². The van der Waals surface area contributed by atoms with E-state index in [1.807, 2.05) is 31.2 Å². The van der Waals surface area contributed by atoms with Crippen LogP contribution in [0.4, 0.5) is 0 Å². The minimum atomic E-state index is -0.0611. The molecule has 2 fully saturated rings. The summed E-state index contributed by atoms with van der Waals surface area (Å²) in [7, 11) is 0. The number of aromatic amines is 1. The molecule has 6 heteroatoms. The summed E-state index contributed by atoms with van der Waals surface area (Å²) in [6.07, 6.45) is 2.80. The Labute approximate surface area is 146 Å². The van der Waals surface area contributed by atoms with Gasteiger partial charge in [0.1, 0.15) is 5.69 Å². The van der Waals surface area contributed by atoms with Crippen LogP contribution in [-0.2, 0) is 4.79 Å². The van der Waals surface area contributed by atoms with Crippen molar-refractivity contribution in [3.05, 3.63) is 41.6 Å². The van der Waals surface area contributed by atoms with Gasteiger partial charge in [-0.25, -0.2) is 0 Å². The number of likely N-dealkylation sites (tertiary alicyclic amines) is 1. The summed E-state index contributed by atoms with van der Waals surface area (Å²) in [6.45, 7) is 3.26. The lowest BCUT2D eigenvalue weighted by atomic mass is 10.1. The van der Waals surface area contributed by atoms with Crippen LogP contribution in [0.25, 0.3) is 11.3 Å². The van der Waals surface area contributed by atoms with Crippen molar-refractivity contribution in [2.24, 2.45) is 5.92 Å². The minimum absolute atomic E-state index is 0.0611. The van der Waals surface area contributed by atoms with E-state index in [1.54, 1.807) is 11.0 Å². The second kappa shape index (κ2) is 6.35. The van der Waals surface area contributed by atoms with Crippen LogP contribution in [0.3, 0.4) is 0 Å². The summed E-state index contributed by atoms with van der Waals surface area (Å²) in [5, 5.41) is 10.2. The van der Waals surface area contributed by atoms with Gasteiger partial charge in [-0.05, 0) is 32.3 Å². The summed E-state index contributed by atoms with van der Waals surface area (Å²) >= 11 is 0. The van der Waals surface area contributed by atoms with Gasteiger partial charge < -0.3 is 10.2 Å². The molecule has 130 valence electrons. The first-order valence-electron chi connectivity index (χ1n) is 8.82. The number of rotatable bonds is 4. The topological polar surface area (TPSA) is 78.1 Å². The molecule has 2 aliphatic rings. The van der Waals surface area contributed by atoms with Crippen molar-refractivity contribution >= 4 is 11.8 Å². The van der Waals surface area contributed by atoms with Gasteiger partial charge in [-0.15, -0.1) is 0 Å². The van der Waals surface area contributed by atoms with Crippen LogP contribution in [0.1, 0.15) is 35.3 Å². The third kappa shape index (κ3) is 3.43. The maximum absolute atomic E-state index is 12.7. The van der Waals surface area contributed by atoms with Gasteiger partial charge in [0.25, 0.3) is 5.91 Å². The average Bonchev–Trinajstić information content (AvgIpc) is 3.17. The molecule has 1 saturated heterocycles. The third-order valence-corrected chi connectivity index (χ3v) is 4.93. The maximum atomic E-state index is 12.7. The fourth-order valence-corrected chi connectivity index (χ4v) is 3.20. The van der Waals surface area contributed by atoms with Crippen molar-refractivity contribution in [3.63, 3.8) is 0 Å². The summed E-state index contributed by atoms with van der Waals surface area (Å²) in [5.74, 6) is 0.283. The Hall–Kier alpha value is -2.63. The zero-order valence-corrected chi connectivity index (χ0v) is 14.3. The molecule has 0 radical (unpaired) electrons. The number of nitrogens with one attached hydrogen (secondary N) is 2. The van der Waals surface area contributed by atoms with Crippen LogP contribution in [0.15, 0.2) is 30.3 Å². The summed E-state index contributed by atoms with van der Waals surface area (Å²) in [6, 6.07) is 9.91. The number of amides is 2. The van der Waals surface area contributed by atoms with Crippen LogP contribution in [-0.4, -0.2) is 46.0 Å². The van der Waals surface area contributed by atoms with Crippen molar-refractivity contribution < 1.29 is 9.59 Å². The van der Waals surface area contributed by atoms with E-state index in [9.17, 15) is 9.59 Å². The number of carbonyl (C=O) groups excluding carboxylic acids is 2. The minimum Gasteiger partial charge on any atom is -0.351 e. The first kappa shape index (κ1) is 15.9. The Morgan fingerprint density at radius 1 is 1.20 bits per heavy atom. The molecule has 2 aromatic rings. The van der Waals surface area contributed by atoms with Gasteiger partial charge in [0.2, 0.25) is 5.91 Å². The number of H-pyrrole nitrogens is 1. The van der Waals surface area contributed by atoms with Crippen molar-refractivity contribution in [3.8, 4) is 11.3 Å². The van der Waals surface area contributed by atoms with Crippen molar-refractivity contribution in [1.29, 1.82) is 0 Å². The van der Waals surface area contributed by atoms with Crippen LogP contribution >= 0.6 is 0 Å². The van der Waals surface area contributed by atoms with Gasteiger partial charge in [-0.3, -0.25) is 14.7 Å². The zero-order chi connectivity index (χ0) is 17.4. The molecule has 2 N–H and O–H groups in total. The standard InChI is InChI=1S/C19H22N4O2/c1-12-2-4-13(5-3-12)16-10-17(22-21-16)19(25)23-9-8-15(11-23)20-18(24)14-6-7-14/h2-5,10,14-15H,6-9,11H2,1H3,(H,20,24)(H,21,22)/t15-/m1/s1. The van der Waals surface area contributed by atoms with E-state index in [1.165, 1.54) is 5.56 Å². The molecule has 1 aliphatic carbocycles. The Balaban J connectivity index is 1.39. The maximum Gasteiger partial charge on any atom is 0.271 e. The molecule has 4 rings (SSSR count). The lowest BCUT2D eigenvalue weighted by Gasteiger charge is -2.16. The first-order chi connectivity index (χ1) is 12.1. The third-order valence-electron chi connectivity index (χ3n) is 4.93. The van der Waals surface area contributed by atoms with E-state index < -0.39 is 0 Å². The number of hydrogen-bond donors (Lipinski definition) is 2.